The monoisotopic (exact) mass is 1890 g/mol. The van der Waals surface area contributed by atoms with Crippen molar-refractivity contribution in [1.82, 2.24) is 10.6 Å². The molecule has 2 saturated heterocycles. The Labute approximate surface area is 789 Å². The van der Waals surface area contributed by atoms with Crippen LogP contribution < -0.4 is 10.6 Å². The molecule has 728 valence electrons. The zero-order valence-electron chi connectivity index (χ0n) is 77.7. The lowest BCUT2D eigenvalue weighted by Gasteiger charge is -2.67. The number of aliphatic hydroxyl groups is 4. The van der Waals surface area contributed by atoms with E-state index in [1.165, 1.54) is 128 Å². The molecule has 0 aromatic heterocycles. The Hall–Kier alpha value is -12.6. The number of amides is 2. The van der Waals surface area contributed by atoms with E-state index in [-0.39, 0.29) is 94.9 Å². The maximum atomic E-state index is 16.1. The van der Waals surface area contributed by atoms with Crippen molar-refractivity contribution >= 4 is 83.1 Å². The van der Waals surface area contributed by atoms with Crippen LogP contribution in [0.1, 0.15) is 173 Å². The van der Waals surface area contributed by atoms with Gasteiger partial charge in [0, 0.05) is 75.3 Å². The number of ether oxygens (including phenoxy) is 15. The molecule has 6 aliphatic carbocycles. The Balaban J connectivity index is 0.705. The van der Waals surface area contributed by atoms with E-state index < -0.39 is 264 Å². The smallest absolute Gasteiger partial charge is 0.350 e. The molecule has 6 aromatic rings. The van der Waals surface area contributed by atoms with Crippen molar-refractivity contribution in [2.24, 2.45) is 33.5 Å². The van der Waals surface area contributed by atoms with Gasteiger partial charge in [0.2, 0.25) is 12.2 Å². The van der Waals surface area contributed by atoms with Gasteiger partial charge < -0.3 is 102 Å². The molecule has 137 heavy (non-hydrogen) atoms. The van der Waals surface area contributed by atoms with Crippen molar-refractivity contribution in [3.8, 4) is 0 Å². The summed E-state index contributed by atoms with van der Waals surface area (Å²) < 4.78 is 91.8. The lowest BCUT2D eigenvalue weighted by atomic mass is 9.44. The van der Waals surface area contributed by atoms with Gasteiger partial charge in [-0.1, -0.05) is 161 Å². The predicted molar refractivity (Wildman–Crippen MR) is 476 cm³/mol. The Morgan fingerprint density at radius 1 is 0.409 bits per heavy atom. The van der Waals surface area contributed by atoms with Crippen molar-refractivity contribution < 1.29 is 159 Å². The average Bonchev–Trinajstić information content (AvgIpc) is 0.670. The molecule has 4 saturated carbocycles. The fourth-order valence-electron chi connectivity index (χ4n) is 21.6. The fourth-order valence-corrected chi connectivity index (χ4v) is 21.6. The van der Waals surface area contributed by atoms with Crippen LogP contribution in [0.25, 0.3) is 0 Å². The van der Waals surface area contributed by atoms with E-state index in [0.717, 1.165) is 27.7 Å². The van der Waals surface area contributed by atoms with E-state index in [0.29, 0.717) is 0 Å². The first-order chi connectivity index (χ1) is 65.0. The van der Waals surface area contributed by atoms with Crippen LogP contribution in [0.5, 0.6) is 0 Å². The Kier molecular flexibility index (Phi) is 29.5. The standard InChI is InChI=1S/C102H112N2O33/c1-55-67(49-101(121)87(134-91(117)65-39-27-17-28-40-65)83-97(11,69(109)47-71-99(83,53-126-71)136-59(5)107)85(113)79(128-57(3)105)75(55)95(101,7)8)130-93(119)81(77(61-31-19-13-20-32-61)103-89(115)63-35-23-15-24-36-63)132-73(111)51-124-45-43-123-44-46-125-52-74(112)133-82(78(62-33-21-14-22-34-62)104-90(116)64-37-25-16-26-38-64)94(120)131-68-50-102(122)88(135-92(118)66-41-29-18-30-42-66)84-98(12,70(110)48-72-100(84,54-127-72)137-60(6)108)86(114)80(129-58(4)106)76(56(68)2)96(102,9)10/h13-42,67-72,77-84,87-88,109-110,121-122H,43-54H2,1-12H3,(H,103,115)(H,104,116)/t67-,68+,69-,70+,71+,72-,77-,78-,79+,80-,81+,82-,83-,84+,87-,88+,97+,98-,99-,100+,101+,102-/m0/s1. The van der Waals surface area contributed by atoms with Crippen LogP contribution >= 0.6 is 0 Å². The van der Waals surface area contributed by atoms with Crippen LogP contribution in [0.3, 0.4) is 0 Å². The zero-order valence-corrected chi connectivity index (χ0v) is 77.7. The van der Waals surface area contributed by atoms with Crippen molar-refractivity contribution in [2.45, 2.75) is 217 Å². The molecule has 22 atom stereocenters. The molecule has 8 aliphatic rings. The molecule has 6 fully saturated rings. The summed E-state index contributed by atoms with van der Waals surface area (Å²) in [7, 11) is 0. The van der Waals surface area contributed by atoms with Crippen LogP contribution in [0.4, 0.5) is 0 Å². The number of aliphatic hydroxyl groups excluding tert-OH is 2. The van der Waals surface area contributed by atoms with Crippen molar-refractivity contribution in [1.29, 1.82) is 0 Å². The summed E-state index contributed by atoms with van der Waals surface area (Å²) in [5, 5.41) is 59.0. The molecular weight excluding hydrogens is 1780 g/mol. The predicted octanol–water partition coefficient (Wildman–Crippen LogP) is 7.64. The van der Waals surface area contributed by atoms with Gasteiger partial charge in [-0.05, 0) is 110 Å². The molecular formula is C102H112N2O33. The molecule has 4 bridgehead atoms. The molecule has 0 unspecified atom stereocenters. The maximum absolute atomic E-state index is 16.1. The summed E-state index contributed by atoms with van der Waals surface area (Å²) in [6.07, 6.45) is -23.6. The van der Waals surface area contributed by atoms with Crippen LogP contribution in [-0.4, -0.2) is 252 Å². The number of hydrogen-bond acceptors (Lipinski definition) is 33. The SMILES string of the molecule is CC(=O)O[C@@H]1C(=O)[C@@]2(C)[C@H](O)C[C@@H]3OC[C@]3(OC(C)=O)[C@@H]2[C@@H](OC(=O)c2ccccc2)[C@@]2(O)C[C@@H](OC(=O)[C@@H](OC(=O)COCCOCCOCC(=O)O[C@@H](C(=O)O[C@H]3C[C@@]4(O)[C@@H](OC(=O)c5ccccc5)[C@@H]5[C@]6(OC(C)=O)CO[C@@H]6C[C@H](O)[C@@]5(C)C(=O)[C@H](OC(C)=O)C(=C3C)C4(C)C)[C@@H](NC(=O)c3ccccc3)c3ccccc3)[C@@H](NC(=O)c3ccccc3)c3ccccc3)C(C)=C1C2(C)C. The van der Waals surface area contributed by atoms with Gasteiger partial charge in [0.15, 0.2) is 35.0 Å². The number of rotatable bonds is 32. The molecule has 6 N–H and O–H groups in total. The third-order valence-electron chi connectivity index (χ3n) is 28.6. The molecule has 2 amide bonds. The first-order valence-corrected chi connectivity index (χ1v) is 45.2. The molecule has 0 spiro atoms. The van der Waals surface area contributed by atoms with Gasteiger partial charge in [0.1, 0.15) is 73.1 Å². The van der Waals surface area contributed by atoms with Gasteiger partial charge in [-0.2, -0.15) is 0 Å². The summed E-state index contributed by atoms with van der Waals surface area (Å²) in [5.41, 5.74) is -16.9. The lowest BCUT2D eigenvalue weighted by Crippen LogP contribution is -2.82. The van der Waals surface area contributed by atoms with E-state index >= 15 is 19.2 Å². The normalized spacial score (nSPS) is 30.0. The van der Waals surface area contributed by atoms with Gasteiger partial charge in [-0.15, -0.1) is 0 Å². The second kappa shape index (κ2) is 40.2. The van der Waals surface area contributed by atoms with Crippen LogP contribution in [0.15, 0.2) is 204 Å². The highest BCUT2D eigenvalue weighted by atomic mass is 16.7. The number of carbonyl (C=O) groups is 14. The lowest BCUT2D eigenvalue weighted by molar-refractivity contribution is -0.346. The highest BCUT2D eigenvalue weighted by Gasteiger charge is 2.81. The van der Waals surface area contributed by atoms with Gasteiger partial charge >= 0.3 is 59.7 Å². The van der Waals surface area contributed by atoms with Crippen molar-refractivity contribution in [3.05, 3.63) is 238 Å². The third kappa shape index (κ3) is 19.0. The van der Waals surface area contributed by atoms with Crippen LogP contribution in [-0.2, 0) is 119 Å². The molecule has 2 heterocycles. The van der Waals surface area contributed by atoms with Gasteiger partial charge in [-0.3, -0.25) is 38.4 Å². The van der Waals surface area contributed by atoms with Gasteiger partial charge in [0.25, 0.3) is 11.8 Å². The summed E-state index contributed by atoms with van der Waals surface area (Å²) >= 11 is 0. The van der Waals surface area contributed by atoms with E-state index in [2.05, 4.69) is 10.6 Å². The number of carbonyl (C=O) groups excluding carboxylic acids is 14. The molecule has 14 rings (SSSR count). The third-order valence-corrected chi connectivity index (χ3v) is 28.6. The van der Waals surface area contributed by atoms with Crippen molar-refractivity contribution in [3.63, 3.8) is 0 Å². The van der Waals surface area contributed by atoms with Gasteiger partial charge in [-0.25, -0.2) is 28.8 Å². The van der Waals surface area contributed by atoms with E-state index in [1.807, 2.05) is 0 Å². The minimum Gasteiger partial charge on any atom is -0.455 e. The molecule has 6 aromatic carbocycles. The Bertz CT molecular complexity index is 5320. The van der Waals surface area contributed by atoms with Crippen LogP contribution in [0.2, 0.25) is 0 Å². The Morgan fingerprint density at radius 3 is 1.01 bits per heavy atom. The fraction of sp³-hybridized carbons (Fsp3) is 0.471. The summed E-state index contributed by atoms with van der Waals surface area (Å²) in [6.45, 7) is 11.9. The summed E-state index contributed by atoms with van der Waals surface area (Å²) in [4.78, 5) is 205. The average molecular weight is 1890 g/mol. The number of esters is 10. The topological polar surface area (TPSA) is 482 Å². The second-order valence-corrected chi connectivity index (χ2v) is 37.4. The van der Waals surface area contributed by atoms with E-state index in [1.54, 1.807) is 109 Å². The number of ketones is 2. The molecule has 35 heteroatoms. The number of benzene rings is 6. The minimum atomic E-state index is -2.61. The van der Waals surface area contributed by atoms with E-state index in [4.69, 9.17) is 71.1 Å². The molecule has 0 radical (unpaired) electrons. The Morgan fingerprint density at radius 2 is 0.715 bits per heavy atom. The quantitative estimate of drug-likeness (QED) is 0.0102. The molecule has 2 aliphatic heterocycles. The first kappa shape index (κ1) is 100. The number of Topliss-reactive ketones (excluding diaryl/α,β-unsaturated/α-hetero) is 2. The number of fused-ring (bicyclic) bond motifs is 10. The second-order valence-electron chi connectivity index (χ2n) is 37.4. The number of nitrogens with one attached hydrogen (secondary N) is 2. The minimum absolute atomic E-state index is 0.0198. The van der Waals surface area contributed by atoms with Crippen molar-refractivity contribution in [2.75, 3.05) is 52.9 Å². The molecule has 35 nitrogen and oxygen atoms in total. The maximum Gasteiger partial charge on any atom is 0.350 e. The highest BCUT2D eigenvalue weighted by Crippen LogP contribution is 2.67. The van der Waals surface area contributed by atoms with E-state index in [9.17, 15) is 68.4 Å². The largest absolute Gasteiger partial charge is 0.455 e. The first-order valence-electron chi connectivity index (χ1n) is 45.2. The summed E-state index contributed by atoms with van der Waals surface area (Å²) in [6, 6.07) is 43.3. The van der Waals surface area contributed by atoms with Crippen LogP contribution in [0, 0.1) is 33.5 Å². The number of hydrogen-bond donors (Lipinski definition) is 6. The zero-order chi connectivity index (χ0) is 98.8. The van der Waals surface area contributed by atoms with Gasteiger partial charge in [0.05, 0.1) is 85.6 Å². The highest BCUT2D eigenvalue weighted by molar-refractivity contribution is 5.99. The summed E-state index contributed by atoms with van der Waals surface area (Å²) in [5.74, 6) is -17.9.